The van der Waals surface area contributed by atoms with Crippen LogP contribution >= 0.6 is 0 Å². The molecule has 0 radical (unpaired) electrons. The van der Waals surface area contributed by atoms with Crippen LogP contribution in [0.4, 0.5) is 0 Å². The molecule has 0 aromatic carbocycles. The molecule has 0 spiro atoms. The average molecular weight is 433 g/mol. The number of carbonyl (C=O) groups excluding carboxylic acids is 2. The van der Waals surface area contributed by atoms with Gasteiger partial charge in [-0.3, -0.25) is 9.59 Å². The number of fused-ring (bicyclic) bond motifs is 5. The summed E-state index contributed by atoms with van der Waals surface area (Å²) in [5.74, 6) is -0.674. The largest absolute Gasteiger partial charge is 0.461 e. The molecular weight excluding hydrogens is 392 g/mol. The van der Waals surface area contributed by atoms with Crippen LogP contribution in [0.1, 0.15) is 75.2 Å². The second-order valence-electron chi connectivity index (χ2n) is 12.0. The third-order valence-electron chi connectivity index (χ3n) is 10.2. The van der Waals surface area contributed by atoms with E-state index in [-0.39, 0.29) is 46.9 Å². The summed E-state index contributed by atoms with van der Waals surface area (Å²) in [4.78, 5) is 26.5. The lowest BCUT2D eigenvalue weighted by Crippen LogP contribution is -2.74. The Hall–Kier alpha value is -1.20. The second kappa shape index (κ2) is 6.66. The predicted octanol–water partition coefficient (Wildman–Crippen LogP) is 4.32. The highest BCUT2D eigenvalue weighted by Gasteiger charge is 2.72. The fraction of sp³-hybridized carbons (Fsp3) is 0.846. The Bertz CT molecular complexity index is 858. The van der Waals surface area contributed by atoms with E-state index >= 15 is 0 Å². The third kappa shape index (κ3) is 2.62. The lowest BCUT2D eigenvalue weighted by Gasteiger charge is -2.69. The van der Waals surface area contributed by atoms with Gasteiger partial charge in [-0.1, -0.05) is 52.7 Å². The fourth-order valence-corrected chi connectivity index (χ4v) is 8.57. The van der Waals surface area contributed by atoms with Crippen LogP contribution in [0.3, 0.4) is 0 Å². The number of ketones is 1. The Balaban J connectivity index is 2.00. The number of esters is 1. The maximum absolute atomic E-state index is 14.4. The summed E-state index contributed by atoms with van der Waals surface area (Å²) in [5, 5.41) is 12.5. The molecule has 5 nitrogen and oxygen atoms in total. The summed E-state index contributed by atoms with van der Waals surface area (Å²) in [6, 6.07) is 0. The standard InChI is InChI=1S/C26H40O5/c1-13-11-26(29)16(4)21-24(8)12-30-18(24)10-19(31-17(5)27)25(21,9)22(28)15(3)20(14(13)2)23(26,6)7/h13,15-16,18-19,21,29H,10-12H2,1-9H3/t13-,15+,16-,18+,19-,21+,24+,25+,26+/m0/s1. The van der Waals surface area contributed by atoms with Crippen molar-refractivity contribution in [3.05, 3.63) is 11.1 Å². The highest BCUT2D eigenvalue weighted by molar-refractivity contribution is 5.91. The lowest BCUT2D eigenvalue weighted by atomic mass is 9.39. The van der Waals surface area contributed by atoms with Crippen LogP contribution in [0.15, 0.2) is 11.1 Å². The first kappa shape index (κ1) is 23.0. The zero-order valence-corrected chi connectivity index (χ0v) is 20.7. The Kier molecular flexibility index (Phi) is 4.94. The molecule has 1 aliphatic heterocycles. The molecule has 0 unspecified atom stereocenters. The van der Waals surface area contributed by atoms with Gasteiger partial charge in [0.25, 0.3) is 0 Å². The van der Waals surface area contributed by atoms with Gasteiger partial charge in [-0.2, -0.15) is 0 Å². The van der Waals surface area contributed by atoms with Crippen molar-refractivity contribution in [1.29, 1.82) is 0 Å². The van der Waals surface area contributed by atoms with E-state index in [1.807, 2.05) is 13.8 Å². The molecule has 3 aliphatic carbocycles. The molecule has 4 aliphatic rings. The van der Waals surface area contributed by atoms with E-state index in [1.54, 1.807) is 0 Å². The SMILES string of the molecule is CC(=O)O[C@H]1C[C@H]2OC[C@@]2(C)[C@H]2[C@H](C)[C@]3(O)C[C@H](C)C(C)=C([C@@H](C)C(=O)[C@]12C)C3(C)C. The van der Waals surface area contributed by atoms with Crippen molar-refractivity contribution in [2.45, 2.75) is 93.0 Å². The molecule has 1 saturated heterocycles. The van der Waals surface area contributed by atoms with Crippen LogP contribution in [-0.2, 0) is 19.1 Å². The number of hydrogen-bond donors (Lipinski definition) is 1. The molecule has 1 N–H and O–H groups in total. The van der Waals surface area contributed by atoms with Gasteiger partial charge in [-0.05, 0) is 38.0 Å². The zero-order valence-electron chi connectivity index (χ0n) is 20.7. The van der Waals surface area contributed by atoms with Crippen LogP contribution < -0.4 is 0 Å². The lowest BCUT2D eigenvalue weighted by molar-refractivity contribution is -0.302. The summed E-state index contributed by atoms with van der Waals surface area (Å²) in [7, 11) is 0. The smallest absolute Gasteiger partial charge is 0.302 e. The highest BCUT2D eigenvalue weighted by Crippen LogP contribution is 2.68. The van der Waals surface area contributed by atoms with E-state index in [0.717, 1.165) is 5.57 Å². The summed E-state index contributed by atoms with van der Waals surface area (Å²) in [6.45, 7) is 18.8. The molecule has 174 valence electrons. The molecule has 1 heterocycles. The van der Waals surface area contributed by atoms with E-state index in [9.17, 15) is 14.7 Å². The monoisotopic (exact) mass is 432 g/mol. The average Bonchev–Trinajstić information content (AvgIpc) is 2.65. The fourth-order valence-electron chi connectivity index (χ4n) is 8.57. The molecule has 31 heavy (non-hydrogen) atoms. The van der Waals surface area contributed by atoms with Gasteiger partial charge in [0.1, 0.15) is 11.9 Å². The van der Waals surface area contributed by atoms with E-state index in [1.165, 1.54) is 12.5 Å². The van der Waals surface area contributed by atoms with Gasteiger partial charge < -0.3 is 14.6 Å². The van der Waals surface area contributed by atoms with E-state index < -0.39 is 22.5 Å². The minimum Gasteiger partial charge on any atom is -0.461 e. The molecule has 0 aromatic rings. The summed E-state index contributed by atoms with van der Waals surface area (Å²) >= 11 is 0. The third-order valence-corrected chi connectivity index (χ3v) is 10.2. The first-order valence-electron chi connectivity index (χ1n) is 11.9. The Morgan fingerprint density at radius 2 is 1.77 bits per heavy atom. The Morgan fingerprint density at radius 1 is 1.16 bits per heavy atom. The number of ether oxygens (including phenoxy) is 2. The number of carbonyl (C=O) groups is 2. The molecule has 2 bridgehead atoms. The number of allylic oxidation sites excluding steroid dienone is 1. The van der Waals surface area contributed by atoms with Crippen molar-refractivity contribution >= 4 is 11.8 Å². The highest BCUT2D eigenvalue weighted by atomic mass is 16.6. The minimum atomic E-state index is -0.969. The first-order chi connectivity index (χ1) is 14.1. The van der Waals surface area contributed by atoms with Crippen LogP contribution in [0.25, 0.3) is 0 Å². The van der Waals surface area contributed by atoms with Crippen molar-refractivity contribution in [2.75, 3.05) is 6.61 Å². The minimum absolute atomic E-state index is 0.0654. The molecule has 5 heteroatoms. The second-order valence-corrected chi connectivity index (χ2v) is 12.0. The quantitative estimate of drug-likeness (QED) is 0.493. The van der Waals surface area contributed by atoms with Crippen molar-refractivity contribution < 1.29 is 24.2 Å². The number of rotatable bonds is 1. The van der Waals surface area contributed by atoms with Crippen LogP contribution in [0.2, 0.25) is 0 Å². The molecule has 3 fully saturated rings. The van der Waals surface area contributed by atoms with Gasteiger partial charge in [-0.25, -0.2) is 0 Å². The molecule has 0 aromatic heterocycles. The van der Waals surface area contributed by atoms with Crippen molar-refractivity contribution in [3.63, 3.8) is 0 Å². The molecule has 9 atom stereocenters. The zero-order chi connectivity index (χ0) is 23.3. The van der Waals surface area contributed by atoms with E-state index in [2.05, 4.69) is 41.5 Å². The topological polar surface area (TPSA) is 72.8 Å². The number of hydrogen-bond acceptors (Lipinski definition) is 5. The van der Waals surface area contributed by atoms with Crippen molar-refractivity contribution in [2.24, 2.45) is 39.9 Å². The molecule has 2 saturated carbocycles. The van der Waals surface area contributed by atoms with Gasteiger partial charge in [0.2, 0.25) is 0 Å². The van der Waals surface area contributed by atoms with Gasteiger partial charge in [-0.15, -0.1) is 0 Å². The van der Waals surface area contributed by atoms with Crippen molar-refractivity contribution in [1.82, 2.24) is 0 Å². The molecule has 0 amide bonds. The van der Waals surface area contributed by atoms with Gasteiger partial charge in [0.15, 0.2) is 0 Å². The number of Topliss-reactive ketones (excluding diaryl/α,β-unsaturated/α-hetero) is 1. The summed E-state index contributed by atoms with van der Waals surface area (Å²) < 4.78 is 11.8. The molecule has 4 rings (SSSR count). The maximum Gasteiger partial charge on any atom is 0.302 e. The summed E-state index contributed by atoms with van der Waals surface area (Å²) in [6.07, 6.45) is 0.591. The maximum atomic E-state index is 14.4. The predicted molar refractivity (Wildman–Crippen MR) is 118 cm³/mol. The van der Waals surface area contributed by atoms with Crippen LogP contribution in [0, 0.1) is 39.9 Å². The Morgan fingerprint density at radius 3 is 2.29 bits per heavy atom. The first-order valence-corrected chi connectivity index (χ1v) is 11.9. The normalized spacial score (nSPS) is 51.1. The van der Waals surface area contributed by atoms with Gasteiger partial charge in [0.05, 0.1) is 23.7 Å². The van der Waals surface area contributed by atoms with Crippen LogP contribution in [0.5, 0.6) is 0 Å². The van der Waals surface area contributed by atoms with Gasteiger partial charge in [0, 0.05) is 30.1 Å². The molecular formula is C26H40O5. The van der Waals surface area contributed by atoms with Crippen molar-refractivity contribution in [3.8, 4) is 0 Å². The Labute approximate surface area is 186 Å². The number of aliphatic hydroxyl groups is 1. The van der Waals surface area contributed by atoms with Gasteiger partial charge >= 0.3 is 5.97 Å². The van der Waals surface area contributed by atoms with Crippen LogP contribution in [-0.4, -0.2) is 41.3 Å². The summed E-state index contributed by atoms with van der Waals surface area (Å²) in [5.41, 5.74) is -0.308. The van der Waals surface area contributed by atoms with E-state index in [0.29, 0.717) is 19.4 Å². The van der Waals surface area contributed by atoms with E-state index in [4.69, 9.17) is 9.47 Å².